The van der Waals surface area contributed by atoms with Gasteiger partial charge in [0.25, 0.3) is 0 Å². The van der Waals surface area contributed by atoms with Crippen LogP contribution in [0, 0.1) is 5.92 Å². The zero-order chi connectivity index (χ0) is 12.0. The van der Waals surface area contributed by atoms with E-state index in [1.165, 1.54) is 0 Å². The van der Waals surface area contributed by atoms with E-state index in [1.54, 1.807) is 7.11 Å². The number of hydrogen-bond donors (Lipinski definition) is 1. The van der Waals surface area contributed by atoms with Crippen LogP contribution in [0.25, 0.3) is 0 Å². The Morgan fingerprint density at radius 1 is 1.50 bits per heavy atom. The van der Waals surface area contributed by atoms with Gasteiger partial charge in [0, 0.05) is 32.1 Å². The van der Waals surface area contributed by atoms with Crippen LogP contribution >= 0.6 is 0 Å². The van der Waals surface area contributed by atoms with Gasteiger partial charge in [-0.3, -0.25) is 0 Å². The first kappa shape index (κ1) is 13.0. The lowest BCUT2D eigenvalue weighted by Gasteiger charge is -2.21. The highest BCUT2D eigenvalue weighted by Crippen LogP contribution is 2.13. The minimum Gasteiger partial charge on any atom is -0.383 e. The fraction of sp³-hybridized carbons (Fsp3) is 0.750. The molecule has 92 valence electrons. The molecule has 4 heteroatoms. The molecule has 1 N–H and O–H groups in total. The van der Waals surface area contributed by atoms with E-state index in [9.17, 15) is 0 Å². The molecule has 1 atom stereocenters. The fourth-order valence-corrected chi connectivity index (χ4v) is 1.73. The normalized spacial score (nSPS) is 13.1. The van der Waals surface area contributed by atoms with E-state index in [-0.39, 0.29) is 0 Å². The van der Waals surface area contributed by atoms with Gasteiger partial charge in [0.15, 0.2) is 0 Å². The van der Waals surface area contributed by atoms with Crippen molar-refractivity contribution >= 4 is 5.95 Å². The van der Waals surface area contributed by atoms with Crippen molar-refractivity contribution in [1.29, 1.82) is 0 Å². The molecule has 1 aromatic heterocycles. The van der Waals surface area contributed by atoms with Gasteiger partial charge in [-0.25, -0.2) is 4.98 Å². The Kier molecular flexibility index (Phi) is 5.32. The lowest BCUT2D eigenvalue weighted by molar-refractivity contribution is 0.187. The summed E-state index contributed by atoms with van der Waals surface area (Å²) in [6.45, 7) is 8.20. The summed E-state index contributed by atoms with van der Waals surface area (Å²) < 4.78 is 7.16. The Labute approximate surface area is 98.0 Å². The number of nitrogens with one attached hydrogen (secondary N) is 1. The van der Waals surface area contributed by atoms with E-state index in [1.807, 2.05) is 12.4 Å². The van der Waals surface area contributed by atoms with Crippen molar-refractivity contribution in [3.05, 3.63) is 12.4 Å². The molecule has 0 saturated heterocycles. The third kappa shape index (κ3) is 3.52. The predicted octanol–water partition coefficient (Wildman–Crippen LogP) is 2.38. The first-order valence-electron chi connectivity index (χ1n) is 5.95. The zero-order valence-electron chi connectivity index (χ0n) is 10.7. The molecule has 4 nitrogen and oxygen atoms in total. The summed E-state index contributed by atoms with van der Waals surface area (Å²) in [7, 11) is 1.72. The second kappa shape index (κ2) is 6.53. The maximum absolute atomic E-state index is 5.07. The molecule has 0 radical (unpaired) electrons. The highest BCUT2D eigenvalue weighted by atomic mass is 16.5. The van der Waals surface area contributed by atoms with E-state index in [4.69, 9.17) is 4.74 Å². The lowest BCUT2D eigenvalue weighted by Crippen LogP contribution is -2.26. The molecule has 1 unspecified atom stereocenters. The number of anilines is 1. The number of ether oxygens (including phenoxy) is 1. The second-order valence-corrected chi connectivity index (χ2v) is 4.34. The predicted molar refractivity (Wildman–Crippen MR) is 66.6 cm³/mol. The minimum absolute atomic E-state index is 0.476. The molecule has 0 aliphatic heterocycles. The largest absolute Gasteiger partial charge is 0.383 e. The van der Waals surface area contributed by atoms with Gasteiger partial charge in [0.05, 0.1) is 6.61 Å². The van der Waals surface area contributed by atoms with Crippen molar-refractivity contribution in [2.24, 2.45) is 5.92 Å². The molecular weight excluding hydrogens is 202 g/mol. The third-order valence-electron chi connectivity index (χ3n) is 2.81. The van der Waals surface area contributed by atoms with E-state index in [0.717, 1.165) is 18.9 Å². The number of imidazole rings is 1. The molecule has 1 heterocycles. The van der Waals surface area contributed by atoms with Gasteiger partial charge in [-0.1, -0.05) is 20.8 Å². The molecule has 0 aliphatic carbocycles. The molecule has 0 aromatic carbocycles. The molecule has 1 aromatic rings. The summed E-state index contributed by atoms with van der Waals surface area (Å²) in [4.78, 5) is 4.34. The molecule has 0 amide bonds. The minimum atomic E-state index is 0.476. The van der Waals surface area contributed by atoms with Crippen molar-refractivity contribution in [3.63, 3.8) is 0 Å². The number of methoxy groups -OCH3 is 1. The van der Waals surface area contributed by atoms with Gasteiger partial charge in [-0.2, -0.15) is 0 Å². The lowest BCUT2D eigenvalue weighted by atomic mass is 10.0. The first-order valence-corrected chi connectivity index (χ1v) is 5.95. The van der Waals surface area contributed by atoms with Crippen LogP contribution in [0.4, 0.5) is 5.95 Å². The second-order valence-electron chi connectivity index (χ2n) is 4.34. The van der Waals surface area contributed by atoms with Gasteiger partial charge >= 0.3 is 0 Å². The molecule has 0 fully saturated rings. The highest BCUT2D eigenvalue weighted by molar-refractivity contribution is 5.27. The summed E-state index contributed by atoms with van der Waals surface area (Å²) in [5.41, 5.74) is 0. The molecule has 0 bridgehead atoms. The average molecular weight is 225 g/mol. The average Bonchev–Trinajstić information content (AvgIpc) is 2.69. The molecule has 0 saturated carbocycles. The summed E-state index contributed by atoms with van der Waals surface area (Å²) in [6, 6.07) is 0.476. The van der Waals surface area contributed by atoms with Gasteiger partial charge in [-0.15, -0.1) is 0 Å². The molecule has 0 spiro atoms. The van der Waals surface area contributed by atoms with Crippen LogP contribution in [-0.2, 0) is 11.3 Å². The summed E-state index contributed by atoms with van der Waals surface area (Å²) in [5, 5.41) is 3.48. The van der Waals surface area contributed by atoms with E-state index in [2.05, 4.69) is 35.6 Å². The monoisotopic (exact) mass is 225 g/mol. The maximum Gasteiger partial charge on any atom is 0.203 e. The van der Waals surface area contributed by atoms with Crippen LogP contribution in [0.2, 0.25) is 0 Å². The number of nitrogens with zero attached hydrogens (tertiary/aromatic N) is 2. The zero-order valence-corrected chi connectivity index (χ0v) is 10.7. The van der Waals surface area contributed by atoms with Gasteiger partial charge in [-0.05, 0) is 12.3 Å². The Bertz CT molecular complexity index is 296. The van der Waals surface area contributed by atoms with Crippen LogP contribution in [0.3, 0.4) is 0 Å². The van der Waals surface area contributed by atoms with Crippen molar-refractivity contribution in [1.82, 2.24) is 9.55 Å². The molecule has 16 heavy (non-hydrogen) atoms. The van der Waals surface area contributed by atoms with E-state index in [0.29, 0.717) is 18.6 Å². The summed E-state index contributed by atoms with van der Waals surface area (Å²) in [5.74, 6) is 1.55. The maximum atomic E-state index is 5.07. The van der Waals surface area contributed by atoms with E-state index >= 15 is 0 Å². The summed E-state index contributed by atoms with van der Waals surface area (Å²) in [6.07, 6.45) is 4.91. The van der Waals surface area contributed by atoms with Crippen LogP contribution in [0.15, 0.2) is 12.4 Å². The smallest absolute Gasteiger partial charge is 0.203 e. The van der Waals surface area contributed by atoms with Crippen LogP contribution < -0.4 is 5.32 Å². The highest BCUT2D eigenvalue weighted by Gasteiger charge is 2.13. The fourth-order valence-electron chi connectivity index (χ4n) is 1.73. The van der Waals surface area contributed by atoms with Gasteiger partial charge in [0.2, 0.25) is 5.95 Å². The van der Waals surface area contributed by atoms with Crippen LogP contribution in [0.5, 0.6) is 0 Å². The van der Waals surface area contributed by atoms with Crippen molar-refractivity contribution in [3.8, 4) is 0 Å². The Balaban J connectivity index is 2.61. The van der Waals surface area contributed by atoms with Gasteiger partial charge < -0.3 is 14.6 Å². The summed E-state index contributed by atoms with van der Waals surface area (Å²) >= 11 is 0. The Morgan fingerprint density at radius 2 is 2.25 bits per heavy atom. The topological polar surface area (TPSA) is 39.1 Å². The number of hydrogen-bond acceptors (Lipinski definition) is 3. The Hall–Kier alpha value is -1.03. The van der Waals surface area contributed by atoms with Crippen LogP contribution in [0.1, 0.15) is 27.2 Å². The number of rotatable bonds is 7. The van der Waals surface area contributed by atoms with Crippen molar-refractivity contribution in [2.75, 3.05) is 19.0 Å². The third-order valence-corrected chi connectivity index (χ3v) is 2.81. The SMILES string of the molecule is CCC(Nc1nccn1CCOC)C(C)C. The van der Waals surface area contributed by atoms with Crippen molar-refractivity contribution < 1.29 is 4.74 Å². The van der Waals surface area contributed by atoms with E-state index < -0.39 is 0 Å². The quantitative estimate of drug-likeness (QED) is 0.774. The molecular formula is C12H23N3O. The van der Waals surface area contributed by atoms with Crippen LogP contribution in [-0.4, -0.2) is 29.3 Å². The van der Waals surface area contributed by atoms with Gasteiger partial charge in [0.1, 0.15) is 0 Å². The number of aromatic nitrogens is 2. The Morgan fingerprint density at radius 3 is 2.81 bits per heavy atom. The first-order chi connectivity index (χ1) is 7.69. The van der Waals surface area contributed by atoms with Crippen molar-refractivity contribution in [2.45, 2.75) is 39.8 Å². The molecule has 1 rings (SSSR count). The molecule has 0 aliphatic rings. The standard InChI is InChI=1S/C12H23N3O/c1-5-11(10(2)3)14-12-13-6-7-15(12)8-9-16-4/h6-7,10-11H,5,8-9H2,1-4H3,(H,13,14).